The van der Waals surface area contributed by atoms with Crippen molar-refractivity contribution in [3.05, 3.63) is 72.5 Å². The van der Waals surface area contributed by atoms with Crippen LogP contribution in [0.25, 0.3) is 10.9 Å². The fraction of sp³-hybridized carbons (Fsp3) is 0.500. The predicted octanol–water partition coefficient (Wildman–Crippen LogP) is 0.0553. The first-order valence-corrected chi connectivity index (χ1v) is 20.6. The van der Waals surface area contributed by atoms with Crippen LogP contribution >= 0.6 is 0 Å². The van der Waals surface area contributed by atoms with Gasteiger partial charge in [-0.2, -0.15) is 0 Å². The number of imidazole rings is 2. The van der Waals surface area contributed by atoms with Gasteiger partial charge in [0, 0.05) is 74.2 Å². The zero-order valence-electron chi connectivity index (χ0n) is 36.2. The number of rotatable bonds is 24. The summed E-state index contributed by atoms with van der Waals surface area (Å²) in [6.45, 7) is 9.94. The van der Waals surface area contributed by atoms with E-state index in [1.807, 2.05) is 38.1 Å². The van der Waals surface area contributed by atoms with E-state index in [4.69, 9.17) is 4.74 Å². The standard InChI is InChI=1S/C42H60N12O8/c1-23(2)12-30(20-62-7)51-40(59)35(15-29-18-44-22-48-29)52-36(56)19-46-42(61)37(24(3)4)54-38(57)25(5)49-39(58)33(13-27-16-45-32-11-9-8-10-31(27)32)53-41(60)34(50-26(6)55)14-28-17-43-21-47-28/h8-11,16-18,21-25,30,33-35,37,45H,12-15,19-20H2,1-7H3,(H,43,47)(H,44,48)(H,46,61)(H,49,58)(H,50,55)(H,51,59)(H,52,56)(H,53,60)(H,54,57)/t25-,30?,33-,34-,35-,37-/m0/s1. The van der Waals surface area contributed by atoms with Crippen LogP contribution in [-0.2, 0) is 57.6 Å². The van der Waals surface area contributed by atoms with Crippen LogP contribution in [0.1, 0.15) is 64.9 Å². The molecule has 336 valence electrons. The molecular weight excluding hydrogens is 801 g/mol. The molecule has 0 spiro atoms. The summed E-state index contributed by atoms with van der Waals surface area (Å²) in [6, 6.07) is 1.60. The van der Waals surface area contributed by atoms with Crippen LogP contribution in [0.3, 0.4) is 0 Å². The Morgan fingerprint density at radius 3 is 1.85 bits per heavy atom. The van der Waals surface area contributed by atoms with Gasteiger partial charge in [0.2, 0.25) is 41.4 Å². The lowest BCUT2D eigenvalue weighted by Crippen LogP contribution is -2.59. The van der Waals surface area contributed by atoms with Crippen LogP contribution in [0.4, 0.5) is 0 Å². The topological polar surface area (TPSA) is 286 Å². The molecule has 0 saturated carbocycles. The van der Waals surface area contributed by atoms with Crippen molar-refractivity contribution in [2.24, 2.45) is 11.8 Å². The third-order valence-corrected chi connectivity index (χ3v) is 9.93. The Labute approximate surface area is 360 Å². The Balaban J connectivity index is 1.41. The zero-order valence-corrected chi connectivity index (χ0v) is 36.2. The molecule has 62 heavy (non-hydrogen) atoms. The van der Waals surface area contributed by atoms with Crippen LogP contribution in [0.2, 0.25) is 0 Å². The largest absolute Gasteiger partial charge is 0.383 e. The molecule has 0 fully saturated rings. The van der Waals surface area contributed by atoms with Crippen molar-refractivity contribution in [3.8, 4) is 0 Å². The number of aromatic amines is 3. The summed E-state index contributed by atoms with van der Waals surface area (Å²) in [5.41, 5.74) is 2.73. The van der Waals surface area contributed by atoms with Gasteiger partial charge in [-0.3, -0.25) is 33.6 Å². The molecule has 0 saturated heterocycles. The van der Waals surface area contributed by atoms with E-state index in [9.17, 15) is 33.6 Å². The van der Waals surface area contributed by atoms with E-state index in [-0.39, 0.29) is 37.8 Å². The molecule has 0 aliphatic heterocycles. The van der Waals surface area contributed by atoms with Crippen LogP contribution in [0.5, 0.6) is 0 Å². The second kappa shape index (κ2) is 23.4. The molecule has 1 unspecified atom stereocenters. The second-order valence-electron chi connectivity index (χ2n) is 16.0. The molecule has 3 heterocycles. The maximum Gasteiger partial charge on any atom is 0.243 e. The molecule has 0 bridgehead atoms. The molecular formula is C42H60N12O8. The molecule has 3 aromatic heterocycles. The monoisotopic (exact) mass is 860 g/mol. The summed E-state index contributed by atoms with van der Waals surface area (Å²) in [4.78, 5) is 110. The van der Waals surface area contributed by atoms with Crippen molar-refractivity contribution in [3.63, 3.8) is 0 Å². The number of ether oxygens (including phenoxy) is 1. The molecule has 6 atom stereocenters. The molecule has 20 nitrogen and oxygen atoms in total. The fourth-order valence-electron chi connectivity index (χ4n) is 6.85. The summed E-state index contributed by atoms with van der Waals surface area (Å²) in [5, 5.41) is 19.7. The number of carbonyl (C=O) groups is 7. The number of nitrogens with zero attached hydrogens (tertiary/aromatic N) is 2. The molecule has 0 aliphatic carbocycles. The highest BCUT2D eigenvalue weighted by molar-refractivity contribution is 5.97. The van der Waals surface area contributed by atoms with Crippen molar-refractivity contribution >= 4 is 52.3 Å². The van der Waals surface area contributed by atoms with Gasteiger partial charge in [-0.15, -0.1) is 0 Å². The SMILES string of the molecule is COCC(CC(C)C)NC(=O)[C@H](Cc1cnc[nH]1)NC(=O)CNC(=O)[C@@H](NC(=O)[C@H](C)NC(=O)[C@H](Cc1c[nH]c2ccccc12)NC(=O)[C@H](Cc1cnc[nH]1)NC(C)=O)C(C)C. The highest BCUT2D eigenvalue weighted by Crippen LogP contribution is 2.19. The molecule has 10 N–H and O–H groups in total. The molecule has 20 heteroatoms. The maximum absolute atomic E-state index is 13.9. The van der Waals surface area contributed by atoms with Crippen LogP contribution in [-0.4, -0.2) is 123 Å². The van der Waals surface area contributed by atoms with Crippen molar-refractivity contribution in [1.29, 1.82) is 0 Å². The summed E-state index contributed by atoms with van der Waals surface area (Å²) < 4.78 is 5.28. The van der Waals surface area contributed by atoms with E-state index in [2.05, 4.69) is 62.1 Å². The lowest BCUT2D eigenvalue weighted by Gasteiger charge is -2.26. The average Bonchev–Trinajstić information content (AvgIpc) is 4.01. The summed E-state index contributed by atoms with van der Waals surface area (Å²) in [6.07, 6.45) is 8.56. The number of nitrogens with one attached hydrogen (secondary N) is 10. The van der Waals surface area contributed by atoms with Gasteiger partial charge in [0.05, 0.1) is 31.8 Å². The minimum Gasteiger partial charge on any atom is -0.383 e. The lowest BCUT2D eigenvalue weighted by molar-refractivity contribution is -0.135. The van der Waals surface area contributed by atoms with E-state index in [1.165, 1.54) is 32.7 Å². The third-order valence-electron chi connectivity index (χ3n) is 9.93. The first-order chi connectivity index (χ1) is 29.5. The van der Waals surface area contributed by atoms with E-state index in [0.29, 0.717) is 17.8 Å². The van der Waals surface area contributed by atoms with Gasteiger partial charge >= 0.3 is 0 Å². The van der Waals surface area contributed by atoms with Gasteiger partial charge < -0.3 is 56.9 Å². The quantitative estimate of drug-likeness (QED) is 0.0452. The van der Waals surface area contributed by atoms with Crippen molar-refractivity contribution in [1.82, 2.24) is 62.1 Å². The Bertz CT molecular complexity index is 2100. The maximum atomic E-state index is 13.9. The Morgan fingerprint density at radius 2 is 1.27 bits per heavy atom. The Morgan fingerprint density at radius 1 is 0.677 bits per heavy atom. The van der Waals surface area contributed by atoms with E-state index in [1.54, 1.807) is 33.4 Å². The fourth-order valence-corrected chi connectivity index (χ4v) is 6.85. The molecule has 4 aromatic rings. The Kier molecular flexibility index (Phi) is 18.2. The number of hydrogen-bond donors (Lipinski definition) is 10. The van der Waals surface area contributed by atoms with Crippen molar-refractivity contribution in [2.75, 3.05) is 20.3 Å². The first kappa shape index (κ1) is 48.1. The number of hydrogen-bond acceptors (Lipinski definition) is 10. The molecule has 4 rings (SSSR count). The van der Waals surface area contributed by atoms with Gasteiger partial charge in [-0.05, 0) is 36.8 Å². The number of H-pyrrole nitrogens is 3. The number of methoxy groups -OCH3 is 1. The summed E-state index contributed by atoms with van der Waals surface area (Å²) in [5.74, 6) is -4.41. The summed E-state index contributed by atoms with van der Waals surface area (Å²) in [7, 11) is 1.54. The second-order valence-corrected chi connectivity index (χ2v) is 16.0. The van der Waals surface area contributed by atoms with Crippen LogP contribution in [0, 0.1) is 11.8 Å². The van der Waals surface area contributed by atoms with Gasteiger partial charge in [-0.25, -0.2) is 9.97 Å². The number of aromatic nitrogens is 5. The third kappa shape index (κ3) is 14.9. The summed E-state index contributed by atoms with van der Waals surface area (Å²) >= 11 is 0. The average molecular weight is 861 g/mol. The molecule has 0 radical (unpaired) electrons. The van der Waals surface area contributed by atoms with Crippen LogP contribution < -0.4 is 37.2 Å². The number of para-hydroxylation sites is 1. The van der Waals surface area contributed by atoms with Gasteiger partial charge in [-0.1, -0.05) is 45.9 Å². The highest BCUT2D eigenvalue weighted by Gasteiger charge is 2.32. The van der Waals surface area contributed by atoms with Crippen molar-refractivity contribution < 1.29 is 38.3 Å². The lowest BCUT2D eigenvalue weighted by atomic mass is 10.0. The minimum absolute atomic E-state index is 0.0297. The first-order valence-electron chi connectivity index (χ1n) is 20.6. The van der Waals surface area contributed by atoms with Gasteiger partial charge in [0.1, 0.15) is 30.2 Å². The van der Waals surface area contributed by atoms with Gasteiger partial charge in [0.25, 0.3) is 0 Å². The molecule has 0 aliphatic rings. The van der Waals surface area contributed by atoms with Gasteiger partial charge in [0.15, 0.2) is 0 Å². The number of fused-ring (bicyclic) bond motifs is 1. The highest BCUT2D eigenvalue weighted by atomic mass is 16.5. The normalized spacial score (nSPS) is 14.2. The van der Waals surface area contributed by atoms with E-state index in [0.717, 1.165) is 16.5 Å². The number of carbonyl (C=O) groups excluding carboxylic acids is 7. The van der Waals surface area contributed by atoms with Crippen LogP contribution in [0.15, 0.2) is 55.5 Å². The predicted molar refractivity (Wildman–Crippen MR) is 229 cm³/mol. The number of amides is 7. The van der Waals surface area contributed by atoms with E-state index < -0.39 is 84.0 Å². The molecule has 1 aromatic carbocycles. The molecule has 7 amide bonds. The van der Waals surface area contributed by atoms with Crippen molar-refractivity contribution in [2.45, 2.75) is 103 Å². The minimum atomic E-state index is -1.20. The zero-order chi connectivity index (χ0) is 45.3. The Hall–Kier alpha value is -6.57. The smallest absolute Gasteiger partial charge is 0.243 e. The van der Waals surface area contributed by atoms with E-state index >= 15 is 0 Å². The number of benzene rings is 1.